The summed E-state index contributed by atoms with van der Waals surface area (Å²) in [6.45, 7) is 0.648. The summed E-state index contributed by atoms with van der Waals surface area (Å²) >= 11 is 0. The molecular weight excluding hydrogens is 262 g/mol. The number of methoxy groups -OCH3 is 1. The Morgan fingerprint density at radius 1 is 1.38 bits per heavy atom. The lowest BCUT2D eigenvalue weighted by molar-refractivity contribution is 0.0919. The predicted octanol–water partition coefficient (Wildman–Crippen LogP) is 2.72. The fourth-order valence-corrected chi connectivity index (χ4v) is 3.15. The standard InChI is InChI=1S/C17H25N3O/c1-21-16(13-9-10-13)11-19-17(18)20-15-8-4-6-12-5-2-3-7-14(12)15/h4,6,8,13,16H,2-3,5,7,9-11H2,1H3,(H3,18,19,20). The average Bonchev–Trinajstić information content (AvgIpc) is 3.33. The second kappa shape index (κ2) is 6.48. The molecule has 0 amide bonds. The number of rotatable bonds is 5. The highest BCUT2D eigenvalue weighted by atomic mass is 16.5. The van der Waals surface area contributed by atoms with Gasteiger partial charge in [-0.3, -0.25) is 4.99 Å². The first kappa shape index (κ1) is 14.4. The number of nitrogens with zero attached hydrogens (tertiary/aromatic N) is 1. The molecule has 3 rings (SSSR count). The molecule has 4 heteroatoms. The van der Waals surface area contributed by atoms with Crippen molar-refractivity contribution in [1.29, 1.82) is 0 Å². The molecule has 114 valence electrons. The smallest absolute Gasteiger partial charge is 0.193 e. The quantitative estimate of drug-likeness (QED) is 0.646. The summed E-state index contributed by atoms with van der Waals surface area (Å²) in [7, 11) is 1.76. The number of guanidine groups is 1. The monoisotopic (exact) mass is 287 g/mol. The van der Waals surface area contributed by atoms with Gasteiger partial charge in [0.15, 0.2) is 5.96 Å². The van der Waals surface area contributed by atoms with E-state index in [0.29, 0.717) is 18.4 Å². The SMILES string of the molecule is COC(CN=C(N)Nc1cccc2c1CCCC2)C1CC1. The molecule has 3 N–H and O–H groups in total. The third kappa shape index (κ3) is 3.56. The van der Waals surface area contributed by atoms with Crippen LogP contribution in [0.5, 0.6) is 0 Å². The zero-order valence-electron chi connectivity index (χ0n) is 12.8. The molecule has 0 aliphatic heterocycles. The van der Waals surface area contributed by atoms with Crippen LogP contribution in [0.1, 0.15) is 36.8 Å². The van der Waals surface area contributed by atoms with E-state index in [0.717, 1.165) is 12.1 Å². The number of aliphatic imine (C=N–C) groups is 1. The lowest BCUT2D eigenvalue weighted by Crippen LogP contribution is -2.27. The first-order chi connectivity index (χ1) is 10.3. The lowest BCUT2D eigenvalue weighted by atomic mass is 9.90. The summed E-state index contributed by atoms with van der Waals surface area (Å²) in [5, 5.41) is 3.28. The third-order valence-electron chi connectivity index (χ3n) is 4.55. The van der Waals surface area contributed by atoms with E-state index in [9.17, 15) is 0 Å². The van der Waals surface area contributed by atoms with Gasteiger partial charge in [-0.1, -0.05) is 12.1 Å². The summed E-state index contributed by atoms with van der Waals surface area (Å²) in [5.41, 5.74) is 10.0. The molecule has 0 heterocycles. The summed E-state index contributed by atoms with van der Waals surface area (Å²) in [5.74, 6) is 1.17. The highest BCUT2D eigenvalue weighted by Gasteiger charge is 2.30. The Bertz CT molecular complexity index is 523. The van der Waals surface area contributed by atoms with Crippen molar-refractivity contribution < 1.29 is 4.74 Å². The van der Waals surface area contributed by atoms with Gasteiger partial charge in [0.1, 0.15) is 0 Å². The molecule has 0 spiro atoms. The minimum Gasteiger partial charge on any atom is -0.379 e. The number of nitrogens with two attached hydrogens (primary N) is 1. The molecular formula is C17H25N3O. The molecule has 2 aliphatic rings. The van der Waals surface area contributed by atoms with Crippen LogP contribution < -0.4 is 11.1 Å². The van der Waals surface area contributed by atoms with Gasteiger partial charge in [-0.25, -0.2) is 0 Å². The molecule has 0 saturated heterocycles. The summed E-state index contributed by atoms with van der Waals surface area (Å²) in [4.78, 5) is 4.46. The molecule has 1 unspecified atom stereocenters. The fourth-order valence-electron chi connectivity index (χ4n) is 3.15. The molecule has 1 aromatic carbocycles. The van der Waals surface area contributed by atoms with Crippen LogP contribution in [0.3, 0.4) is 0 Å². The third-order valence-corrected chi connectivity index (χ3v) is 4.55. The second-order valence-electron chi connectivity index (χ2n) is 6.11. The largest absolute Gasteiger partial charge is 0.379 e. The Hall–Kier alpha value is -1.55. The zero-order chi connectivity index (χ0) is 14.7. The molecule has 0 bridgehead atoms. The van der Waals surface area contributed by atoms with Crippen LogP contribution in [0.4, 0.5) is 5.69 Å². The second-order valence-corrected chi connectivity index (χ2v) is 6.11. The van der Waals surface area contributed by atoms with E-state index in [1.807, 2.05) is 0 Å². The number of ether oxygens (including phenoxy) is 1. The number of aryl methyl sites for hydroxylation is 1. The van der Waals surface area contributed by atoms with Crippen LogP contribution in [0.15, 0.2) is 23.2 Å². The Morgan fingerprint density at radius 2 is 2.19 bits per heavy atom. The Balaban J connectivity index is 1.65. The van der Waals surface area contributed by atoms with E-state index in [-0.39, 0.29) is 6.10 Å². The van der Waals surface area contributed by atoms with Gasteiger partial charge >= 0.3 is 0 Å². The number of anilines is 1. The normalized spacial score (nSPS) is 20.0. The van der Waals surface area contributed by atoms with Gasteiger partial charge in [0.25, 0.3) is 0 Å². The number of benzene rings is 1. The van der Waals surface area contributed by atoms with Gasteiger partial charge < -0.3 is 15.8 Å². The summed E-state index contributed by atoms with van der Waals surface area (Å²) in [6, 6.07) is 6.42. The van der Waals surface area contributed by atoms with Crippen molar-refractivity contribution in [1.82, 2.24) is 0 Å². The molecule has 0 aromatic heterocycles. The van der Waals surface area contributed by atoms with Crippen molar-refractivity contribution >= 4 is 11.6 Å². The minimum atomic E-state index is 0.218. The molecule has 1 atom stereocenters. The molecule has 4 nitrogen and oxygen atoms in total. The number of nitrogens with one attached hydrogen (secondary N) is 1. The van der Waals surface area contributed by atoms with Gasteiger partial charge in [-0.05, 0) is 61.6 Å². The van der Waals surface area contributed by atoms with Gasteiger partial charge in [0.05, 0.1) is 12.6 Å². The van der Waals surface area contributed by atoms with E-state index in [1.165, 1.54) is 43.2 Å². The van der Waals surface area contributed by atoms with Crippen molar-refractivity contribution in [3.05, 3.63) is 29.3 Å². The van der Waals surface area contributed by atoms with Gasteiger partial charge in [0, 0.05) is 12.8 Å². The lowest BCUT2D eigenvalue weighted by Gasteiger charge is -2.20. The van der Waals surface area contributed by atoms with E-state index in [4.69, 9.17) is 10.5 Å². The molecule has 1 saturated carbocycles. The first-order valence-corrected chi connectivity index (χ1v) is 7.98. The van der Waals surface area contributed by atoms with Gasteiger partial charge in [-0.2, -0.15) is 0 Å². The summed E-state index contributed by atoms with van der Waals surface area (Å²) < 4.78 is 5.47. The van der Waals surface area contributed by atoms with E-state index < -0.39 is 0 Å². The maximum Gasteiger partial charge on any atom is 0.193 e. The summed E-state index contributed by atoms with van der Waals surface area (Å²) in [6.07, 6.45) is 7.59. The van der Waals surface area contributed by atoms with Crippen LogP contribution in [0.2, 0.25) is 0 Å². The van der Waals surface area contributed by atoms with Crippen LogP contribution in [0.25, 0.3) is 0 Å². The minimum absolute atomic E-state index is 0.218. The molecule has 21 heavy (non-hydrogen) atoms. The average molecular weight is 287 g/mol. The van der Waals surface area contributed by atoms with Crippen LogP contribution >= 0.6 is 0 Å². The fraction of sp³-hybridized carbons (Fsp3) is 0.588. The van der Waals surface area contributed by atoms with Crippen LogP contribution in [-0.4, -0.2) is 25.7 Å². The number of hydrogen-bond acceptors (Lipinski definition) is 2. The Labute approximate surface area is 126 Å². The van der Waals surface area contributed by atoms with Crippen molar-refractivity contribution in [2.24, 2.45) is 16.6 Å². The molecule has 2 aliphatic carbocycles. The maximum atomic E-state index is 6.05. The molecule has 1 fully saturated rings. The van der Waals surface area contributed by atoms with Crippen LogP contribution in [-0.2, 0) is 17.6 Å². The van der Waals surface area contributed by atoms with Gasteiger partial charge in [0.2, 0.25) is 0 Å². The zero-order valence-corrected chi connectivity index (χ0v) is 12.8. The predicted molar refractivity (Wildman–Crippen MR) is 86.7 cm³/mol. The number of hydrogen-bond donors (Lipinski definition) is 2. The Kier molecular flexibility index (Phi) is 4.44. The van der Waals surface area contributed by atoms with E-state index in [1.54, 1.807) is 7.11 Å². The maximum absolute atomic E-state index is 6.05. The van der Waals surface area contributed by atoms with Crippen LogP contribution in [0, 0.1) is 5.92 Å². The van der Waals surface area contributed by atoms with E-state index >= 15 is 0 Å². The van der Waals surface area contributed by atoms with Crippen molar-refractivity contribution in [2.75, 3.05) is 19.0 Å². The van der Waals surface area contributed by atoms with Crippen molar-refractivity contribution in [2.45, 2.75) is 44.6 Å². The number of fused-ring (bicyclic) bond motifs is 1. The highest BCUT2D eigenvalue weighted by Crippen LogP contribution is 2.34. The van der Waals surface area contributed by atoms with Gasteiger partial charge in [-0.15, -0.1) is 0 Å². The van der Waals surface area contributed by atoms with E-state index in [2.05, 4.69) is 28.5 Å². The first-order valence-electron chi connectivity index (χ1n) is 7.98. The highest BCUT2D eigenvalue weighted by molar-refractivity contribution is 5.93. The van der Waals surface area contributed by atoms with Crippen molar-refractivity contribution in [3.63, 3.8) is 0 Å². The Morgan fingerprint density at radius 3 is 2.95 bits per heavy atom. The molecule has 0 radical (unpaired) electrons. The topological polar surface area (TPSA) is 59.6 Å². The molecule has 1 aromatic rings. The van der Waals surface area contributed by atoms with Crippen molar-refractivity contribution in [3.8, 4) is 0 Å².